The van der Waals surface area contributed by atoms with E-state index in [9.17, 15) is 18.0 Å². The van der Waals surface area contributed by atoms with Crippen LogP contribution in [0.3, 0.4) is 0 Å². The van der Waals surface area contributed by atoms with Crippen LogP contribution in [0, 0.1) is 6.92 Å². The Morgan fingerprint density at radius 2 is 2.00 bits per heavy atom. The number of carbonyl (C=O) groups excluding carboxylic acids is 1. The molecule has 0 bridgehead atoms. The third-order valence-electron chi connectivity index (χ3n) is 5.89. The van der Waals surface area contributed by atoms with E-state index in [1.54, 1.807) is 30.1 Å². The molecule has 3 heterocycles. The van der Waals surface area contributed by atoms with Gasteiger partial charge in [-0.3, -0.25) is 9.48 Å². The molecule has 10 heteroatoms. The number of fused-ring (bicyclic) bond motifs is 4. The quantitative estimate of drug-likeness (QED) is 0.529. The first kappa shape index (κ1) is 20.2. The topological polar surface area (TPSA) is 77.1 Å². The molecule has 1 aromatic carbocycles. The molecule has 3 aromatic heterocycles. The first-order valence-electron chi connectivity index (χ1n) is 10.1. The zero-order chi connectivity index (χ0) is 22.6. The number of carbonyl (C=O) groups is 1. The van der Waals surface area contributed by atoms with Gasteiger partial charge in [0.1, 0.15) is 0 Å². The Labute approximate surface area is 180 Å². The summed E-state index contributed by atoms with van der Waals surface area (Å²) in [5, 5.41) is 10.8. The minimum absolute atomic E-state index is 0.0181. The van der Waals surface area contributed by atoms with Crippen molar-refractivity contribution >= 4 is 11.6 Å². The molecule has 0 aliphatic heterocycles. The normalized spacial score (nSPS) is 13.2. The van der Waals surface area contributed by atoms with Crippen molar-refractivity contribution in [1.82, 2.24) is 29.7 Å². The van der Waals surface area contributed by atoms with E-state index in [4.69, 9.17) is 0 Å². The van der Waals surface area contributed by atoms with Crippen molar-refractivity contribution in [2.75, 3.05) is 0 Å². The average molecular weight is 440 g/mol. The van der Waals surface area contributed by atoms with Crippen LogP contribution in [0.15, 0.2) is 36.5 Å². The second-order valence-electron chi connectivity index (χ2n) is 7.80. The van der Waals surface area contributed by atoms with E-state index in [-0.39, 0.29) is 29.9 Å². The number of nitrogens with zero attached hydrogens (tertiary/aromatic N) is 5. The Morgan fingerprint density at radius 1 is 1.22 bits per heavy atom. The summed E-state index contributed by atoms with van der Waals surface area (Å²) in [4.78, 5) is 17.1. The number of nitrogens with one attached hydrogen (secondary N) is 1. The van der Waals surface area contributed by atoms with Crippen LogP contribution >= 0.6 is 0 Å². The van der Waals surface area contributed by atoms with Gasteiger partial charge in [0, 0.05) is 42.0 Å². The number of benzene rings is 1. The molecule has 4 aromatic rings. The number of aromatic nitrogens is 5. The Balaban J connectivity index is 1.58. The molecule has 0 saturated carbocycles. The van der Waals surface area contributed by atoms with Crippen LogP contribution in [0.5, 0.6) is 0 Å². The summed E-state index contributed by atoms with van der Waals surface area (Å²) < 4.78 is 44.8. The van der Waals surface area contributed by atoms with Crippen LogP contribution < -0.4 is 5.32 Å². The summed E-state index contributed by atoms with van der Waals surface area (Å²) in [6, 6.07) is 8.60. The molecule has 1 amide bonds. The zero-order valence-corrected chi connectivity index (χ0v) is 17.4. The van der Waals surface area contributed by atoms with Gasteiger partial charge in [-0.1, -0.05) is 24.3 Å². The first-order valence-corrected chi connectivity index (χ1v) is 10.1. The van der Waals surface area contributed by atoms with Crippen LogP contribution in [0.2, 0.25) is 0 Å². The molecule has 0 saturated heterocycles. The molecule has 0 spiro atoms. The Kier molecular flexibility index (Phi) is 4.54. The molecule has 0 unspecified atom stereocenters. The standard InChI is InChI=1S/C22H19F3N6O/c1-12-14(11-27-30(12)2)10-26-21(32)17-9-18-28-19-15-6-4-3-5-13(15)7-8-16(19)20(22(23,24)25)31(18)29-17/h3-6,9,11H,7-8,10H2,1-2H3,(H,26,32). The smallest absolute Gasteiger partial charge is 0.346 e. The largest absolute Gasteiger partial charge is 0.433 e. The molecule has 1 N–H and O–H groups in total. The SMILES string of the molecule is Cc1c(CNC(=O)c2cc3nc4c(c(C(F)(F)F)n3n2)CCc2ccccc2-4)cnn1C. The molecule has 0 atom stereocenters. The molecule has 0 radical (unpaired) electrons. The van der Waals surface area contributed by atoms with Crippen LogP contribution in [-0.4, -0.2) is 30.3 Å². The van der Waals surface area contributed by atoms with E-state index in [0.717, 1.165) is 21.3 Å². The van der Waals surface area contributed by atoms with Crippen molar-refractivity contribution < 1.29 is 18.0 Å². The van der Waals surface area contributed by atoms with Gasteiger partial charge in [0.2, 0.25) is 0 Å². The second-order valence-corrected chi connectivity index (χ2v) is 7.80. The minimum atomic E-state index is -4.65. The van der Waals surface area contributed by atoms with Crippen LogP contribution in [-0.2, 0) is 32.6 Å². The lowest BCUT2D eigenvalue weighted by Gasteiger charge is -2.23. The van der Waals surface area contributed by atoms with E-state index in [2.05, 4.69) is 20.5 Å². The summed E-state index contributed by atoms with van der Waals surface area (Å²) in [6.07, 6.45) is -2.33. The third kappa shape index (κ3) is 3.22. The lowest BCUT2D eigenvalue weighted by atomic mass is 9.88. The van der Waals surface area contributed by atoms with Crippen LogP contribution in [0.1, 0.15) is 38.6 Å². The molecule has 164 valence electrons. The van der Waals surface area contributed by atoms with Gasteiger partial charge >= 0.3 is 6.18 Å². The highest BCUT2D eigenvalue weighted by Gasteiger charge is 2.40. The van der Waals surface area contributed by atoms with E-state index < -0.39 is 17.8 Å². The highest BCUT2D eigenvalue weighted by atomic mass is 19.4. The van der Waals surface area contributed by atoms with Gasteiger partial charge in [0.05, 0.1) is 11.9 Å². The van der Waals surface area contributed by atoms with Crippen molar-refractivity contribution in [1.29, 1.82) is 0 Å². The van der Waals surface area contributed by atoms with E-state index >= 15 is 0 Å². The number of halogens is 3. The molecule has 5 rings (SSSR count). The van der Waals surface area contributed by atoms with Gasteiger partial charge in [-0.05, 0) is 25.3 Å². The van der Waals surface area contributed by atoms with Crippen molar-refractivity contribution in [2.24, 2.45) is 7.05 Å². The Hall–Kier alpha value is -3.69. The van der Waals surface area contributed by atoms with E-state index in [1.165, 1.54) is 6.07 Å². The van der Waals surface area contributed by atoms with Gasteiger partial charge in [-0.15, -0.1) is 0 Å². The Bertz CT molecular complexity index is 1370. The first-order chi connectivity index (χ1) is 15.2. The number of aryl methyl sites for hydroxylation is 2. The highest BCUT2D eigenvalue weighted by molar-refractivity contribution is 5.93. The van der Waals surface area contributed by atoms with Crippen molar-refractivity contribution in [3.05, 3.63) is 70.3 Å². The predicted molar refractivity (Wildman–Crippen MR) is 110 cm³/mol. The monoisotopic (exact) mass is 440 g/mol. The maximum atomic E-state index is 14.1. The summed E-state index contributed by atoms with van der Waals surface area (Å²) in [5.74, 6) is -0.578. The molecule has 0 fully saturated rings. The molecule has 7 nitrogen and oxygen atoms in total. The van der Waals surface area contributed by atoms with Crippen LogP contribution in [0.4, 0.5) is 13.2 Å². The highest BCUT2D eigenvalue weighted by Crippen LogP contribution is 2.40. The van der Waals surface area contributed by atoms with Crippen molar-refractivity contribution in [3.8, 4) is 11.3 Å². The van der Waals surface area contributed by atoms with Crippen LogP contribution in [0.25, 0.3) is 16.9 Å². The van der Waals surface area contributed by atoms with Gasteiger partial charge < -0.3 is 5.32 Å². The molecular weight excluding hydrogens is 421 g/mol. The Morgan fingerprint density at radius 3 is 2.72 bits per heavy atom. The minimum Gasteiger partial charge on any atom is -0.346 e. The fourth-order valence-electron chi connectivity index (χ4n) is 4.11. The summed E-state index contributed by atoms with van der Waals surface area (Å²) >= 11 is 0. The lowest BCUT2D eigenvalue weighted by molar-refractivity contribution is -0.143. The van der Waals surface area contributed by atoms with Crippen molar-refractivity contribution in [2.45, 2.75) is 32.5 Å². The van der Waals surface area contributed by atoms with E-state index in [0.29, 0.717) is 17.7 Å². The van der Waals surface area contributed by atoms with Gasteiger partial charge in [0.15, 0.2) is 17.0 Å². The molecule has 32 heavy (non-hydrogen) atoms. The summed E-state index contributed by atoms with van der Waals surface area (Å²) in [7, 11) is 1.78. The zero-order valence-electron chi connectivity index (χ0n) is 17.4. The second kappa shape index (κ2) is 7.18. The maximum Gasteiger partial charge on any atom is 0.433 e. The maximum absolute atomic E-state index is 14.1. The third-order valence-corrected chi connectivity index (χ3v) is 5.89. The number of hydrogen-bond acceptors (Lipinski definition) is 4. The number of hydrogen-bond donors (Lipinski definition) is 1. The fourth-order valence-corrected chi connectivity index (χ4v) is 4.11. The molecular formula is C22H19F3N6O. The molecule has 1 aliphatic carbocycles. The van der Waals surface area contributed by atoms with Crippen molar-refractivity contribution in [3.63, 3.8) is 0 Å². The lowest BCUT2D eigenvalue weighted by Crippen LogP contribution is -2.24. The number of alkyl halides is 3. The van der Waals surface area contributed by atoms with E-state index in [1.807, 2.05) is 19.1 Å². The number of amides is 1. The summed E-state index contributed by atoms with van der Waals surface area (Å²) in [5.41, 5.74) is 2.70. The van der Waals surface area contributed by atoms with Gasteiger partial charge in [-0.25, -0.2) is 9.50 Å². The fraction of sp³-hybridized carbons (Fsp3) is 0.273. The van der Waals surface area contributed by atoms with Gasteiger partial charge in [-0.2, -0.15) is 23.4 Å². The average Bonchev–Trinajstić information content (AvgIpc) is 3.32. The summed E-state index contributed by atoms with van der Waals surface area (Å²) in [6.45, 7) is 2.05. The predicted octanol–water partition coefficient (Wildman–Crippen LogP) is 3.49. The van der Waals surface area contributed by atoms with Gasteiger partial charge in [0.25, 0.3) is 5.91 Å². The number of rotatable bonds is 3. The molecule has 1 aliphatic rings.